The summed E-state index contributed by atoms with van der Waals surface area (Å²) in [6.45, 7) is 4.41. The van der Waals surface area contributed by atoms with Crippen molar-refractivity contribution in [1.82, 2.24) is 14.7 Å². The van der Waals surface area contributed by atoms with Gasteiger partial charge in [-0.1, -0.05) is 12.8 Å². The van der Waals surface area contributed by atoms with E-state index in [1.807, 2.05) is 18.7 Å². The Morgan fingerprint density at radius 1 is 1.38 bits per heavy atom. The molecule has 1 atom stereocenters. The summed E-state index contributed by atoms with van der Waals surface area (Å²) < 4.78 is 1.89. The average molecular weight is 366 g/mol. The lowest BCUT2D eigenvalue weighted by Crippen LogP contribution is -2.56. The number of rotatable bonds is 9. The molecule has 146 valence electrons. The Labute approximate surface area is 155 Å². The average Bonchev–Trinajstić information content (AvgIpc) is 2.89. The quantitative estimate of drug-likeness (QED) is 0.367. The predicted molar refractivity (Wildman–Crippen MR) is 99.3 cm³/mol. The van der Waals surface area contributed by atoms with E-state index >= 15 is 0 Å². The number of nitrogens with zero attached hydrogens (tertiary/aromatic N) is 3. The second kappa shape index (κ2) is 8.99. The van der Waals surface area contributed by atoms with E-state index in [1.165, 1.54) is 0 Å². The van der Waals surface area contributed by atoms with Gasteiger partial charge in [0.1, 0.15) is 5.54 Å². The second-order valence-corrected chi connectivity index (χ2v) is 7.52. The smallest absolute Gasteiger partial charge is 0.451 e. The van der Waals surface area contributed by atoms with Crippen LogP contribution in [0.25, 0.3) is 0 Å². The van der Waals surface area contributed by atoms with Crippen molar-refractivity contribution in [3.8, 4) is 0 Å². The van der Waals surface area contributed by atoms with Crippen LogP contribution in [0.2, 0.25) is 6.32 Å². The lowest BCUT2D eigenvalue weighted by Gasteiger charge is -2.40. The van der Waals surface area contributed by atoms with Crippen molar-refractivity contribution >= 4 is 13.1 Å². The molecule has 0 spiro atoms. The minimum atomic E-state index is -1.34. The van der Waals surface area contributed by atoms with Gasteiger partial charge in [-0.15, -0.1) is 0 Å². The van der Waals surface area contributed by atoms with E-state index in [0.717, 1.165) is 43.9 Å². The van der Waals surface area contributed by atoms with Gasteiger partial charge in [0.2, 0.25) is 0 Å². The number of carboxylic acid groups (broad SMARTS) is 1. The van der Waals surface area contributed by atoms with E-state index in [9.17, 15) is 9.90 Å². The fourth-order valence-electron chi connectivity index (χ4n) is 3.88. The van der Waals surface area contributed by atoms with Crippen molar-refractivity contribution in [2.24, 2.45) is 18.7 Å². The van der Waals surface area contributed by atoms with Gasteiger partial charge in [-0.2, -0.15) is 5.10 Å². The highest BCUT2D eigenvalue weighted by Crippen LogP contribution is 2.31. The Bertz CT molecular complexity index is 602. The van der Waals surface area contributed by atoms with Crippen LogP contribution in [0.15, 0.2) is 6.07 Å². The van der Waals surface area contributed by atoms with Crippen molar-refractivity contribution in [2.45, 2.75) is 57.4 Å². The van der Waals surface area contributed by atoms with Gasteiger partial charge in [-0.05, 0) is 57.6 Å². The third-order valence-corrected chi connectivity index (χ3v) is 5.50. The number of hydrogen-bond donors (Lipinski definition) is 4. The van der Waals surface area contributed by atoms with Crippen LogP contribution in [0.5, 0.6) is 0 Å². The first kappa shape index (κ1) is 20.9. The van der Waals surface area contributed by atoms with E-state index in [2.05, 4.69) is 16.1 Å². The normalized spacial score (nSPS) is 18.7. The molecule has 2 rings (SSSR count). The molecule has 0 aromatic carbocycles. The topological polar surface area (TPSA) is 125 Å². The zero-order valence-electron chi connectivity index (χ0n) is 15.8. The SMILES string of the molecule is Cc1cc(CN2CCC(C(N)(CCCCB(O)O)C(=O)O)CC2)n(C)n1. The van der Waals surface area contributed by atoms with Crippen molar-refractivity contribution in [2.75, 3.05) is 13.1 Å². The third-order valence-electron chi connectivity index (χ3n) is 5.50. The summed E-state index contributed by atoms with van der Waals surface area (Å²) in [5.74, 6) is -1.02. The molecule has 1 fully saturated rings. The van der Waals surface area contributed by atoms with Crippen molar-refractivity contribution in [3.63, 3.8) is 0 Å². The monoisotopic (exact) mass is 366 g/mol. The Morgan fingerprint density at radius 3 is 2.54 bits per heavy atom. The molecule has 1 unspecified atom stereocenters. The minimum absolute atomic E-state index is 0.0661. The summed E-state index contributed by atoms with van der Waals surface area (Å²) in [6, 6.07) is 2.08. The zero-order valence-corrected chi connectivity index (χ0v) is 15.8. The fourth-order valence-corrected chi connectivity index (χ4v) is 3.88. The Kier molecular flexibility index (Phi) is 7.22. The molecular weight excluding hydrogens is 335 g/mol. The number of nitrogens with two attached hydrogens (primary N) is 1. The molecule has 1 aliphatic rings. The summed E-state index contributed by atoms with van der Waals surface area (Å²) in [5.41, 5.74) is 7.21. The summed E-state index contributed by atoms with van der Waals surface area (Å²) >= 11 is 0. The van der Waals surface area contributed by atoms with Crippen LogP contribution in [0.1, 0.15) is 43.5 Å². The lowest BCUT2D eigenvalue weighted by molar-refractivity contribution is -0.147. The Morgan fingerprint density at radius 2 is 2.04 bits per heavy atom. The van der Waals surface area contributed by atoms with E-state index in [4.69, 9.17) is 15.8 Å². The molecule has 1 aliphatic heterocycles. The van der Waals surface area contributed by atoms with Crippen molar-refractivity contribution in [1.29, 1.82) is 0 Å². The molecule has 8 nitrogen and oxygen atoms in total. The fraction of sp³-hybridized carbons (Fsp3) is 0.765. The number of unbranched alkanes of at least 4 members (excludes halogenated alkanes) is 1. The molecule has 5 N–H and O–H groups in total. The molecule has 2 heterocycles. The summed E-state index contributed by atoms with van der Waals surface area (Å²) in [7, 11) is 0.596. The minimum Gasteiger partial charge on any atom is -0.480 e. The van der Waals surface area contributed by atoms with Crippen molar-refractivity contribution < 1.29 is 19.9 Å². The first-order valence-electron chi connectivity index (χ1n) is 9.32. The Balaban J connectivity index is 1.88. The molecular formula is C17H31BN4O4. The van der Waals surface area contributed by atoms with E-state index < -0.39 is 18.6 Å². The Hall–Kier alpha value is -1.42. The number of likely N-dealkylation sites (tertiary alicyclic amines) is 1. The van der Waals surface area contributed by atoms with Crippen LogP contribution in [0.4, 0.5) is 0 Å². The molecule has 9 heteroatoms. The molecule has 0 amide bonds. The number of aliphatic carboxylic acids is 1. The molecule has 26 heavy (non-hydrogen) atoms. The van der Waals surface area contributed by atoms with Crippen LogP contribution < -0.4 is 5.73 Å². The first-order valence-corrected chi connectivity index (χ1v) is 9.32. The summed E-state index contributed by atoms with van der Waals surface area (Å²) in [4.78, 5) is 14.1. The highest BCUT2D eigenvalue weighted by Gasteiger charge is 2.42. The molecule has 1 aromatic heterocycles. The highest BCUT2D eigenvalue weighted by molar-refractivity contribution is 6.40. The van der Waals surface area contributed by atoms with Crippen LogP contribution in [-0.4, -0.2) is 61.6 Å². The maximum absolute atomic E-state index is 11.8. The molecule has 1 saturated heterocycles. The standard InChI is InChI=1S/C17H31BN4O4/c1-13-11-15(21(2)20-13)12-22-9-5-14(6-10-22)17(19,16(23)24)7-3-4-8-18(25)26/h11,14,25-26H,3-10,12,19H2,1-2H3,(H,23,24). The van der Waals surface area contributed by atoms with E-state index in [-0.39, 0.29) is 12.2 Å². The van der Waals surface area contributed by atoms with Crippen LogP contribution in [0.3, 0.4) is 0 Å². The molecule has 0 saturated carbocycles. The molecule has 1 aromatic rings. The largest absolute Gasteiger partial charge is 0.480 e. The first-order chi connectivity index (χ1) is 12.2. The lowest BCUT2D eigenvalue weighted by atomic mass is 9.74. The number of hydrogen-bond acceptors (Lipinski definition) is 6. The van der Waals surface area contributed by atoms with Gasteiger partial charge in [-0.25, -0.2) is 0 Å². The highest BCUT2D eigenvalue weighted by atomic mass is 16.4. The number of carboxylic acids is 1. The number of piperidine rings is 1. The summed E-state index contributed by atoms with van der Waals surface area (Å²) in [6.07, 6.45) is 3.25. The third kappa shape index (κ3) is 5.29. The van der Waals surface area contributed by atoms with Crippen LogP contribution in [-0.2, 0) is 18.4 Å². The van der Waals surface area contributed by atoms with E-state index in [1.54, 1.807) is 0 Å². The van der Waals surface area contributed by atoms with Gasteiger partial charge in [0.25, 0.3) is 0 Å². The van der Waals surface area contributed by atoms with Gasteiger partial charge >= 0.3 is 13.1 Å². The maximum atomic E-state index is 11.8. The van der Waals surface area contributed by atoms with Gasteiger partial charge in [0.05, 0.1) is 11.4 Å². The zero-order chi connectivity index (χ0) is 19.3. The molecule has 0 bridgehead atoms. The van der Waals surface area contributed by atoms with Gasteiger partial charge in [-0.3, -0.25) is 14.4 Å². The predicted octanol–water partition coefficient (Wildman–Crippen LogP) is 0.366. The molecule has 0 radical (unpaired) electrons. The maximum Gasteiger partial charge on any atom is 0.451 e. The second-order valence-electron chi connectivity index (χ2n) is 7.52. The van der Waals surface area contributed by atoms with Gasteiger partial charge < -0.3 is 20.9 Å². The summed E-state index contributed by atoms with van der Waals surface area (Å²) in [5, 5.41) is 31.9. The van der Waals surface area contributed by atoms with Crippen LogP contribution in [0, 0.1) is 12.8 Å². The number of carbonyl (C=O) groups is 1. The van der Waals surface area contributed by atoms with E-state index in [0.29, 0.717) is 19.3 Å². The van der Waals surface area contributed by atoms with Crippen LogP contribution >= 0.6 is 0 Å². The number of aromatic nitrogens is 2. The van der Waals surface area contributed by atoms with Gasteiger partial charge in [0.15, 0.2) is 0 Å². The number of aryl methyl sites for hydroxylation is 2. The van der Waals surface area contributed by atoms with Gasteiger partial charge in [0, 0.05) is 13.6 Å². The molecule has 0 aliphatic carbocycles. The van der Waals surface area contributed by atoms with Crippen molar-refractivity contribution in [3.05, 3.63) is 17.5 Å².